The predicted molar refractivity (Wildman–Crippen MR) is 97.3 cm³/mol. The molecule has 0 bridgehead atoms. The largest absolute Gasteiger partial charge is 0.389 e. The smallest absolute Gasteiger partial charge is 0.107 e. The van der Waals surface area contributed by atoms with E-state index in [2.05, 4.69) is 48.5 Å². The van der Waals surface area contributed by atoms with Crippen molar-refractivity contribution in [3.8, 4) is 0 Å². The van der Waals surface area contributed by atoms with Crippen LogP contribution >= 0.6 is 35.7 Å². The molecule has 5 heteroatoms. The van der Waals surface area contributed by atoms with Crippen LogP contribution in [0.3, 0.4) is 0 Å². The van der Waals surface area contributed by atoms with Crippen LogP contribution in [0.5, 0.6) is 0 Å². The van der Waals surface area contributed by atoms with Gasteiger partial charge in [0.25, 0.3) is 0 Å². The van der Waals surface area contributed by atoms with Crippen LogP contribution in [0.25, 0.3) is 0 Å². The minimum atomic E-state index is 0.481. The molecular formula is C15H22N2S3. The Morgan fingerprint density at radius 3 is 2.90 bits per heavy atom. The maximum atomic E-state index is 5.91. The van der Waals surface area contributed by atoms with Crippen molar-refractivity contribution < 1.29 is 0 Å². The SMILES string of the molecule is CCSC1CCC(Nc2cccc(SC)c2C(N)=S)C1. The van der Waals surface area contributed by atoms with Gasteiger partial charge in [0.2, 0.25) is 0 Å². The summed E-state index contributed by atoms with van der Waals surface area (Å²) in [6, 6.07) is 6.79. The summed E-state index contributed by atoms with van der Waals surface area (Å²) in [6.07, 6.45) is 5.84. The highest BCUT2D eigenvalue weighted by molar-refractivity contribution is 7.99. The number of thioether (sulfide) groups is 2. The fraction of sp³-hybridized carbons (Fsp3) is 0.533. The molecule has 2 unspecified atom stereocenters. The molecule has 110 valence electrons. The highest BCUT2D eigenvalue weighted by Gasteiger charge is 2.25. The van der Waals surface area contributed by atoms with Crippen molar-refractivity contribution >= 4 is 46.4 Å². The number of anilines is 1. The van der Waals surface area contributed by atoms with E-state index in [1.54, 1.807) is 11.8 Å². The molecule has 20 heavy (non-hydrogen) atoms. The third-order valence-corrected chi connectivity index (χ3v) is 5.86. The van der Waals surface area contributed by atoms with E-state index >= 15 is 0 Å². The molecular weight excluding hydrogens is 304 g/mol. The lowest BCUT2D eigenvalue weighted by molar-refractivity contribution is 0.756. The van der Waals surface area contributed by atoms with Gasteiger partial charge in [-0.15, -0.1) is 11.8 Å². The zero-order valence-corrected chi connectivity index (χ0v) is 14.5. The van der Waals surface area contributed by atoms with Crippen LogP contribution in [0.1, 0.15) is 31.7 Å². The van der Waals surface area contributed by atoms with Gasteiger partial charge in [-0.25, -0.2) is 0 Å². The van der Waals surface area contributed by atoms with Crippen molar-refractivity contribution in [2.75, 3.05) is 17.3 Å². The van der Waals surface area contributed by atoms with E-state index in [1.807, 2.05) is 0 Å². The van der Waals surface area contributed by atoms with Gasteiger partial charge in [-0.3, -0.25) is 0 Å². The molecule has 0 amide bonds. The van der Waals surface area contributed by atoms with E-state index in [0.717, 1.165) is 21.4 Å². The molecule has 1 aliphatic rings. The van der Waals surface area contributed by atoms with Gasteiger partial charge in [-0.2, -0.15) is 11.8 Å². The molecule has 0 spiro atoms. The van der Waals surface area contributed by atoms with Crippen molar-refractivity contribution in [3.05, 3.63) is 23.8 Å². The van der Waals surface area contributed by atoms with Crippen LogP contribution in [0, 0.1) is 0 Å². The highest BCUT2D eigenvalue weighted by Crippen LogP contribution is 2.33. The van der Waals surface area contributed by atoms with Crippen LogP contribution in [-0.4, -0.2) is 28.3 Å². The van der Waals surface area contributed by atoms with Crippen LogP contribution < -0.4 is 11.1 Å². The number of hydrogen-bond acceptors (Lipinski definition) is 4. The van der Waals surface area contributed by atoms with E-state index in [9.17, 15) is 0 Å². The Morgan fingerprint density at radius 2 is 2.25 bits per heavy atom. The Labute approximate surface area is 135 Å². The topological polar surface area (TPSA) is 38.0 Å². The van der Waals surface area contributed by atoms with Crippen molar-refractivity contribution in [1.29, 1.82) is 0 Å². The Bertz CT molecular complexity index is 476. The summed E-state index contributed by atoms with van der Waals surface area (Å²) in [5.74, 6) is 1.21. The molecule has 1 aromatic rings. The zero-order valence-electron chi connectivity index (χ0n) is 12.0. The van der Waals surface area contributed by atoms with E-state index in [0.29, 0.717) is 11.0 Å². The van der Waals surface area contributed by atoms with E-state index in [1.165, 1.54) is 25.0 Å². The number of benzene rings is 1. The fourth-order valence-electron chi connectivity index (χ4n) is 2.75. The lowest BCUT2D eigenvalue weighted by Crippen LogP contribution is -2.20. The summed E-state index contributed by atoms with van der Waals surface area (Å²) in [4.78, 5) is 1.63. The van der Waals surface area contributed by atoms with E-state index in [-0.39, 0.29) is 0 Å². The third kappa shape index (κ3) is 3.83. The summed E-state index contributed by atoms with van der Waals surface area (Å²) in [5.41, 5.74) is 8.01. The molecule has 0 heterocycles. The van der Waals surface area contributed by atoms with Crippen molar-refractivity contribution in [3.63, 3.8) is 0 Å². The second kappa shape index (κ2) is 7.57. The maximum absolute atomic E-state index is 5.91. The van der Waals surface area contributed by atoms with Crippen LogP contribution in [-0.2, 0) is 0 Å². The number of thiocarbonyl (C=S) groups is 1. The standard InChI is InChI=1S/C15H22N2S3/c1-3-20-11-8-7-10(9-11)17-12-5-4-6-13(19-2)14(12)15(16)18/h4-6,10-11,17H,3,7-9H2,1-2H3,(H2,16,18). The quantitative estimate of drug-likeness (QED) is 0.607. The van der Waals surface area contributed by atoms with Gasteiger partial charge < -0.3 is 11.1 Å². The maximum Gasteiger partial charge on any atom is 0.107 e. The van der Waals surface area contributed by atoms with Gasteiger partial charge in [-0.05, 0) is 43.4 Å². The predicted octanol–water partition coefficient (Wildman–Crippen LogP) is 4.13. The molecule has 0 aliphatic heterocycles. The minimum absolute atomic E-state index is 0.481. The molecule has 2 nitrogen and oxygen atoms in total. The van der Waals surface area contributed by atoms with Gasteiger partial charge in [0.15, 0.2) is 0 Å². The second-order valence-electron chi connectivity index (χ2n) is 4.98. The average Bonchev–Trinajstić information content (AvgIpc) is 2.86. The van der Waals surface area contributed by atoms with Crippen LogP contribution in [0.15, 0.2) is 23.1 Å². The second-order valence-corrected chi connectivity index (χ2v) is 7.84. The molecule has 1 aliphatic carbocycles. The lowest BCUT2D eigenvalue weighted by atomic mass is 10.1. The van der Waals surface area contributed by atoms with Crippen molar-refractivity contribution in [2.24, 2.45) is 5.73 Å². The average molecular weight is 327 g/mol. The van der Waals surface area contributed by atoms with Gasteiger partial charge in [0.05, 0.1) is 0 Å². The van der Waals surface area contributed by atoms with Gasteiger partial charge in [-0.1, -0.05) is 25.2 Å². The van der Waals surface area contributed by atoms with Gasteiger partial charge >= 0.3 is 0 Å². The monoisotopic (exact) mass is 326 g/mol. The van der Waals surface area contributed by atoms with E-state index < -0.39 is 0 Å². The zero-order chi connectivity index (χ0) is 14.5. The first-order valence-electron chi connectivity index (χ1n) is 7.00. The Kier molecular flexibility index (Phi) is 6.05. The number of rotatable bonds is 6. The number of nitrogens with two attached hydrogens (primary N) is 1. The Hall–Kier alpha value is -0.390. The molecule has 1 aromatic carbocycles. The summed E-state index contributed by atoms with van der Waals surface area (Å²) >= 11 is 9.00. The summed E-state index contributed by atoms with van der Waals surface area (Å²) in [5, 5.41) is 4.46. The molecule has 2 rings (SSSR count). The Morgan fingerprint density at radius 1 is 1.45 bits per heavy atom. The molecule has 0 radical (unpaired) electrons. The van der Waals surface area contributed by atoms with Crippen molar-refractivity contribution in [1.82, 2.24) is 0 Å². The minimum Gasteiger partial charge on any atom is -0.389 e. The first-order chi connectivity index (χ1) is 9.65. The molecule has 1 saturated carbocycles. The highest BCUT2D eigenvalue weighted by atomic mass is 32.2. The third-order valence-electron chi connectivity index (χ3n) is 3.64. The fourth-order valence-corrected chi connectivity index (χ4v) is 4.82. The molecule has 0 aromatic heterocycles. The molecule has 1 fully saturated rings. The van der Waals surface area contributed by atoms with Gasteiger partial charge in [0, 0.05) is 27.4 Å². The summed E-state index contributed by atoms with van der Waals surface area (Å²) < 4.78 is 0. The molecule has 3 N–H and O–H groups in total. The number of nitrogens with one attached hydrogen (secondary N) is 1. The van der Waals surface area contributed by atoms with E-state index in [4.69, 9.17) is 18.0 Å². The Balaban J connectivity index is 2.12. The first-order valence-corrected chi connectivity index (χ1v) is 9.68. The summed E-state index contributed by atoms with van der Waals surface area (Å²) in [7, 11) is 0. The summed E-state index contributed by atoms with van der Waals surface area (Å²) in [6.45, 7) is 2.23. The normalized spacial score (nSPS) is 21.9. The molecule has 2 atom stereocenters. The van der Waals surface area contributed by atoms with Crippen LogP contribution in [0.2, 0.25) is 0 Å². The first kappa shape index (κ1) is 16.0. The molecule has 0 saturated heterocycles. The van der Waals surface area contributed by atoms with Crippen LogP contribution in [0.4, 0.5) is 5.69 Å². The lowest BCUT2D eigenvalue weighted by Gasteiger charge is -2.19. The number of hydrogen-bond donors (Lipinski definition) is 2. The van der Waals surface area contributed by atoms with Crippen molar-refractivity contribution in [2.45, 2.75) is 42.4 Å². The van der Waals surface area contributed by atoms with Gasteiger partial charge in [0.1, 0.15) is 4.99 Å².